The van der Waals surface area contributed by atoms with E-state index in [4.69, 9.17) is 4.74 Å². The molecular formula is C20H22FN3O5S. The smallest absolute Gasteiger partial charge is 0.240 e. The van der Waals surface area contributed by atoms with Crippen molar-refractivity contribution in [3.05, 3.63) is 54.3 Å². The SMILES string of the molecule is COc1ccccc1N1CC(C(=O)NCCNS(=O)(=O)c2ccc(F)cc2)CC1=O. The summed E-state index contributed by atoms with van der Waals surface area (Å²) in [7, 11) is -2.29. The zero-order valence-electron chi connectivity index (χ0n) is 16.3. The molecule has 1 aliphatic heterocycles. The number of carbonyl (C=O) groups is 2. The highest BCUT2D eigenvalue weighted by molar-refractivity contribution is 7.89. The van der Waals surface area contributed by atoms with E-state index in [-0.39, 0.29) is 42.8 Å². The molecule has 2 N–H and O–H groups in total. The highest BCUT2D eigenvalue weighted by Gasteiger charge is 2.36. The average Bonchev–Trinajstić information content (AvgIpc) is 3.13. The molecule has 0 aromatic heterocycles. The summed E-state index contributed by atoms with van der Waals surface area (Å²) >= 11 is 0. The molecule has 1 saturated heterocycles. The maximum Gasteiger partial charge on any atom is 0.240 e. The van der Waals surface area contributed by atoms with E-state index in [1.54, 1.807) is 24.3 Å². The van der Waals surface area contributed by atoms with Gasteiger partial charge in [0.2, 0.25) is 21.8 Å². The Kier molecular flexibility index (Phi) is 6.68. The molecule has 10 heteroatoms. The van der Waals surface area contributed by atoms with Crippen molar-refractivity contribution in [1.29, 1.82) is 0 Å². The topological polar surface area (TPSA) is 105 Å². The van der Waals surface area contributed by atoms with Crippen LogP contribution in [-0.4, -0.2) is 47.0 Å². The molecule has 1 atom stereocenters. The van der Waals surface area contributed by atoms with Gasteiger partial charge in [-0.25, -0.2) is 17.5 Å². The van der Waals surface area contributed by atoms with Crippen molar-refractivity contribution in [3.8, 4) is 5.75 Å². The van der Waals surface area contributed by atoms with E-state index in [9.17, 15) is 22.4 Å². The molecule has 0 radical (unpaired) electrons. The number of anilines is 1. The Labute approximate surface area is 174 Å². The van der Waals surface area contributed by atoms with Crippen LogP contribution in [0.2, 0.25) is 0 Å². The third kappa shape index (κ3) is 4.95. The Hall–Kier alpha value is -2.98. The minimum absolute atomic E-state index is 0.0393. The predicted molar refractivity (Wildman–Crippen MR) is 108 cm³/mol. The Balaban J connectivity index is 1.51. The summed E-state index contributed by atoms with van der Waals surface area (Å²) in [6, 6.07) is 11.5. The molecule has 2 aromatic carbocycles. The summed E-state index contributed by atoms with van der Waals surface area (Å²) in [5.41, 5.74) is 0.604. The Bertz CT molecular complexity index is 1030. The molecule has 30 heavy (non-hydrogen) atoms. The molecular weight excluding hydrogens is 413 g/mol. The normalized spacial score (nSPS) is 16.5. The molecule has 1 aliphatic rings. The van der Waals surface area contributed by atoms with Crippen LogP contribution >= 0.6 is 0 Å². The largest absolute Gasteiger partial charge is 0.495 e. The lowest BCUT2D eigenvalue weighted by molar-refractivity contribution is -0.126. The monoisotopic (exact) mass is 435 g/mol. The fraction of sp³-hybridized carbons (Fsp3) is 0.300. The number of amides is 2. The molecule has 1 unspecified atom stereocenters. The van der Waals surface area contributed by atoms with Gasteiger partial charge in [0, 0.05) is 26.1 Å². The third-order valence-electron chi connectivity index (χ3n) is 4.71. The number of rotatable bonds is 8. The number of ether oxygens (including phenoxy) is 1. The predicted octanol–water partition coefficient (Wildman–Crippen LogP) is 1.28. The first-order valence-electron chi connectivity index (χ1n) is 9.28. The maximum absolute atomic E-state index is 12.9. The summed E-state index contributed by atoms with van der Waals surface area (Å²) < 4.78 is 44.8. The molecule has 3 rings (SSSR count). The lowest BCUT2D eigenvalue weighted by Gasteiger charge is -2.19. The first kappa shape index (κ1) is 21.7. The van der Waals surface area contributed by atoms with Crippen molar-refractivity contribution in [1.82, 2.24) is 10.0 Å². The van der Waals surface area contributed by atoms with Crippen LogP contribution in [0.3, 0.4) is 0 Å². The first-order chi connectivity index (χ1) is 14.3. The zero-order chi connectivity index (χ0) is 21.7. The molecule has 0 bridgehead atoms. The quantitative estimate of drug-likeness (QED) is 0.608. The zero-order valence-corrected chi connectivity index (χ0v) is 17.1. The van der Waals surface area contributed by atoms with Crippen LogP contribution in [0.1, 0.15) is 6.42 Å². The highest BCUT2D eigenvalue weighted by Crippen LogP contribution is 2.32. The van der Waals surface area contributed by atoms with E-state index in [1.165, 1.54) is 12.0 Å². The van der Waals surface area contributed by atoms with Gasteiger partial charge in [-0.15, -0.1) is 0 Å². The second kappa shape index (κ2) is 9.23. The molecule has 0 spiro atoms. The van der Waals surface area contributed by atoms with Gasteiger partial charge < -0.3 is 15.0 Å². The van der Waals surface area contributed by atoms with Gasteiger partial charge in [0.15, 0.2) is 0 Å². The molecule has 0 aliphatic carbocycles. The Morgan fingerprint density at radius 2 is 1.87 bits per heavy atom. The number of hydrogen-bond acceptors (Lipinski definition) is 5. The minimum atomic E-state index is -3.80. The van der Waals surface area contributed by atoms with Gasteiger partial charge >= 0.3 is 0 Å². The van der Waals surface area contributed by atoms with Crippen molar-refractivity contribution in [2.45, 2.75) is 11.3 Å². The number of nitrogens with one attached hydrogen (secondary N) is 2. The third-order valence-corrected chi connectivity index (χ3v) is 6.19. The molecule has 160 valence electrons. The molecule has 2 amide bonds. The number of methoxy groups -OCH3 is 1. The van der Waals surface area contributed by atoms with Gasteiger partial charge in [0.1, 0.15) is 11.6 Å². The van der Waals surface area contributed by atoms with Crippen LogP contribution in [0, 0.1) is 11.7 Å². The summed E-state index contributed by atoms with van der Waals surface area (Å²) in [5.74, 6) is -1.05. The minimum Gasteiger partial charge on any atom is -0.495 e. The molecule has 8 nitrogen and oxygen atoms in total. The number of halogens is 1. The van der Waals surface area contributed by atoms with Crippen LogP contribution in [-0.2, 0) is 19.6 Å². The number of benzene rings is 2. The second-order valence-electron chi connectivity index (χ2n) is 6.72. The van der Waals surface area contributed by atoms with Crippen molar-refractivity contribution in [2.75, 3.05) is 31.6 Å². The summed E-state index contributed by atoms with van der Waals surface area (Å²) in [4.78, 5) is 26.2. The lowest BCUT2D eigenvalue weighted by Crippen LogP contribution is -2.38. The van der Waals surface area contributed by atoms with Gasteiger partial charge in [-0.3, -0.25) is 9.59 Å². The Morgan fingerprint density at radius 3 is 2.57 bits per heavy atom. The molecule has 2 aromatic rings. The van der Waals surface area contributed by atoms with Crippen LogP contribution in [0.4, 0.5) is 10.1 Å². The maximum atomic E-state index is 12.9. The van der Waals surface area contributed by atoms with Crippen molar-refractivity contribution >= 4 is 27.5 Å². The van der Waals surface area contributed by atoms with Crippen molar-refractivity contribution < 1.29 is 27.1 Å². The van der Waals surface area contributed by atoms with Gasteiger partial charge in [0.25, 0.3) is 0 Å². The molecule has 0 saturated carbocycles. The molecule has 1 fully saturated rings. The van der Waals surface area contributed by atoms with E-state index in [0.29, 0.717) is 11.4 Å². The molecule has 1 heterocycles. The summed E-state index contributed by atoms with van der Waals surface area (Å²) in [6.45, 7) is 0.229. The van der Waals surface area contributed by atoms with E-state index in [1.807, 2.05) is 0 Å². The number of sulfonamides is 1. The van der Waals surface area contributed by atoms with Crippen LogP contribution in [0.15, 0.2) is 53.4 Å². The van der Waals surface area contributed by atoms with Gasteiger partial charge in [0.05, 0.1) is 23.6 Å². The number of carbonyl (C=O) groups excluding carboxylic acids is 2. The fourth-order valence-corrected chi connectivity index (χ4v) is 4.21. The van der Waals surface area contributed by atoms with Crippen LogP contribution in [0.25, 0.3) is 0 Å². The first-order valence-corrected chi connectivity index (χ1v) is 10.8. The van der Waals surface area contributed by atoms with Gasteiger partial charge in [-0.05, 0) is 36.4 Å². The van der Waals surface area contributed by atoms with E-state index in [0.717, 1.165) is 24.3 Å². The number of nitrogens with zero attached hydrogens (tertiary/aromatic N) is 1. The number of hydrogen-bond donors (Lipinski definition) is 2. The van der Waals surface area contributed by atoms with Crippen LogP contribution < -0.4 is 19.7 Å². The van der Waals surface area contributed by atoms with E-state index < -0.39 is 21.8 Å². The Morgan fingerprint density at radius 1 is 1.17 bits per heavy atom. The fourth-order valence-electron chi connectivity index (χ4n) is 3.18. The average molecular weight is 435 g/mol. The van der Waals surface area contributed by atoms with Crippen LogP contribution in [0.5, 0.6) is 5.75 Å². The lowest BCUT2D eigenvalue weighted by atomic mass is 10.1. The number of para-hydroxylation sites is 2. The summed E-state index contributed by atoms with van der Waals surface area (Å²) in [5, 5.41) is 2.64. The van der Waals surface area contributed by atoms with Crippen molar-refractivity contribution in [3.63, 3.8) is 0 Å². The van der Waals surface area contributed by atoms with E-state index in [2.05, 4.69) is 10.0 Å². The van der Waals surface area contributed by atoms with Gasteiger partial charge in [-0.1, -0.05) is 12.1 Å². The summed E-state index contributed by atoms with van der Waals surface area (Å²) in [6.07, 6.45) is 0.0607. The second-order valence-corrected chi connectivity index (χ2v) is 8.49. The standard InChI is InChI=1S/C20H22FN3O5S/c1-29-18-5-3-2-4-17(18)24-13-14(12-19(24)25)20(26)22-10-11-23-30(27,28)16-8-6-15(21)7-9-16/h2-9,14,23H,10-13H2,1H3,(H,22,26). The van der Waals surface area contributed by atoms with Gasteiger partial charge in [-0.2, -0.15) is 0 Å². The van der Waals surface area contributed by atoms with Crippen molar-refractivity contribution in [2.24, 2.45) is 5.92 Å². The highest BCUT2D eigenvalue weighted by atomic mass is 32.2. The van der Waals surface area contributed by atoms with E-state index >= 15 is 0 Å².